The van der Waals surface area contributed by atoms with E-state index in [1.54, 1.807) is 7.11 Å². The summed E-state index contributed by atoms with van der Waals surface area (Å²) in [7, 11) is 1.72. The molecule has 1 aliphatic heterocycles. The van der Waals surface area contributed by atoms with Gasteiger partial charge in [-0.3, -0.25) is 9.88 Å². The minimum absolute atomic E-state index is 0.311. The highest BCUT2D eigenvalue weighted by Crippen LogP contribution is 2.25. The number of nitrogens with two attached hydrogens (primary N) is 1. The van der Waals surface area contributed by atoms with Crippen molar-refractivity contribution in [2.75, 3.05) is 20.2 Å². The maximum atomic E-state index is 6.01. The monoisotopic (exact) mass is 249 g/mol. The van der Waals surface area contributed by atoms with E-state index >= 15 is 0 Å². The predicted molar refractivity (Wildman–Crippen MR) is 72.7 cm³/mol. The molecule has 2 N–H and O–H groups in total. The summed E-state index contributed by atoms with van der Waals surface area (Å²) in [5.41, 5.74) is 9.35. The fourth-order valence-corrected chi connectivity index (χ4v) is 2.68. The van der Waals surface area contributed by atoms with E-state index in [0.29, 0.717) is 6.04 Å². The van der Waals surface area contributed by atoms with Crippen LogP contribution in [0.2, 0.25) is 0 Å². The van der Waals surface area contributed by atoms with Gasteiger partial charge in [0.2, 0.25) is 0 Å². The van der Waals surface area contributed by atoms with Gasteiger partial charge >= 0.3 is 0 Å². The van der Waals surface area contributed by atoms with E-state index in [1.807, 2.05) is 13.1 Å². The number of likely N-dealkylation sites (tertiary alicyclic amines) is 1. The Labute approximate surface area is 109 Å². The van der Waals surface area contributed by atoms with E-state index in [-0.39, 0.29) is 0 Å². The van der Waals surface area contributed by atoms with Crippen LogP contribution in [0.4, 0.5) is 0 Å². The summed E-state index contributed by atoms with van der Waals surface area (Å²) >= 11 is 0. The second-order valence-corrected chi connectivity index (χ2v) is 5.18. The van der Waals surface area contributed by atoms with E-state index in [2.05, 4.69) is 16.8 Å². The molecule has 1 aromatic heterocycles. The van der Waals surface area contributed by atoms with Crippen molar-refractivity contribution in [1.82, 2.24) is 9.88 Å². The van der Waals surface area contributed by atoms with Gasteiger partial charge < -0.3 is 10.5 Å². The molecule has 0 aromatic carbocycles. The molecule has 1 atom stereocenters. The molecule has 1 aliphatic rings. The molecule has 2 rings (SSSR count). The Bertz CT molecular complexity index is 420. The van der Waals surface area contributed by atoms with Crippen molar-refractivity contribution in [1.29, 1.82) is 0 Å². The number of aryl methyl sites for hydroxylation is 1. The minimum Gasteiger partial charge on any atom is -0.496 e. The maximum absolute atomic E-state index is 6.01. The molecular weight excluding hydrogens is 226 g/mol. The molecule has 1 fully saturated rings. The number of aromatic nitrogens is 1. The van der Waals surface area contributed by atoms with Crippen LogP contribution in [0.3, 0.4) is 0 Å². The summed E-state index contributed by atoms with van der Waals surface area (Å²) in [6.07, 6.45) is 4.22. The molecule has 4 heteroatoms. The smallest absolute Gasteiger partial charge is 0.128 e. The minimum atomic E-state index is 0.311. The number of nitrogens with zero attached hydrogens (tertiary/aromatic N) is 2. The second-order valence-electron chi connectivity index (χ2n) is 5.18. The van der Waals surface area contributed by atoms with Crippen molar-refractivity contribution in [2.24, 2.45) is 5.73 Å². The lowest BCUT2D eigenvalue weighted by Crippen LogP contribution is -2.42. The Hall–Kier alpha value is -1.13. The number of methoxy groups -OCH3 is 1. The predicted octanol–water partition coefficient (Wildman–Crippen LogP) is 1.63. The first-order valence-corrected chi connectivity index (χ1v) is 6.58. The van der Waals surface area contributed by atoms with Crippen LogP contribution in [0.15, 0.2) is 6.20 Å². The zero-order valence-electron chi connectivity index (χ0n) is 11.6. The molecule has 0 bridgehead atoms. The molecule has 18 heavy (non-hydrogen) atoms. The lowest BCUT2D eigenvalue weighted by Gasteiger charge is -2.30. The molecule has 0 spiro atoms. The number of pyridine rings is 1. The second kappa shape index (κ2) is 5.67. The third-order valence-corrected chi connectivity index (χ3v) is 3.67. The SMILES string of the molecule is COc1c(C)cnc(CN2CCCC(N)C2)c1C. The van der Waals surface area contributed by atoms with Crippen LogP contribution in [0.5, 0.6) is 5.75 Å². The largest absolute Gasteiger partial charge is 0.496 e. The average Bonchev–Trinajstić information content (AvgIpc) is 2.34. The molecule has 1 aromatic rings. The van der Waals surface area contributed by atoms with Crippen LogP contribution in [0.1, 0.15) is 29.7 Å². The van der Waals surface area contributed by atoms with Crippen molar-refractivity contribution >= 4 is 0 Å². The molecule has 0 amide bonds. The van der Waals surface area contributed by atoms with Crippen molar-refractivity contribution in [3.05, 3.63) is 23.0 Å². The zero-order chi connectivity index (χ0) is 13.1. The van der Waals surface area contributed by atoms with Gasteiger partial charge in [0.25, 0.3) is 0 Å². The van der Waals surface area contributed by atoms with Gasteiger partial charge in [-0.25, -0.2) is 0 Å². The number of ether oxygens (including phenoxy) is 1. The number of hydrogen-bond acceptors (Lipinski definition) is 4. The summed E-state index contributed by atoms with van der Waals surface area (Å²) in [5.74, 6) is 0.960. The fourth-order valence-electron chi connectivity index (χ4n) is 2.68. The van der Waals surface area contributed by atoms with E-state index in [4.69, 9.17) is 10.5 Å². The highest BCUT2D eigenvalue weighted by molar-refractivity contribution is 5.41. The Morgan fingerprint density at radius 1 is 1.50 bits per heavy atom. The standard InChI is InChI=1S/C14H23N3O/c1-10-7-16-13(11(2)14(10)18-3)9-17-6-4-5-12(15)8-17/h7,12H,4-6,8-9,15H2,1-3H3. The summed E-state index contributed by atoms with van der Waals surface area (Å²) in [5, 5.41) is 0. The number of hydrogen-bond donors (Lipinski definition) is 1. The van der Waals surface area contributed by atoms with Crippen LogP contribution in [-0.2, 0) is 6.54 Å². The van der Waals surface area contributed by atoms with Gasteiger partial charge in [0.15, 0.2) is 0 Å². The third-order valence-electron chi connectivity index (χ3n) is 3.67. The van der Waals surface area contributed by atoms with E-state index in [0.717, 1.165) is 48.6 Å². The van der Waals surface area contributed by atoms with Crippen LogP contribution in [0, 0.1) is 13.8 Å². The molecule has 4 nitrogen and oxygen atoms in total. The zero-order valence-corrected chi connectivity index (χ0v) is 11.6. The summed E-state index contributed by atoms with van der Waals surface area (Å²) in [4.78, 5) is 6.93. The first kappa shape index (κ1) is 13.3. The first-order chi connectivity index (χ1) is 8.61. The molecule has 100 valence electrons. The Morgan fingerprint density at radius 3 is 2.94 bits per heavy atom. The maximum Gasteiger partial charge on any atom is 0.128 e. The summed E-state index contributed by atoms with van der Waals surface area (Å²) in [6.45, 7) is 7.07. The van der Waals surface area contributed by atoms with Gasteiger partial charge in [-0.15, -0.1) is 0 Å². The average molecular weight is 249 g/mol. The van der Waals surface area contributed by atoms with Gasteiger partial charge in [0, 0.05) is 36.5 Å². The van der Waals surface area contributed by atoms with Crippen LogP contribution in [-0.4, -0.2) is 36.1 Å². The third kappa shape index (κ3) is 2.82. The molecular formula is C14H23N3O. The first-order valence-electron chi connectivity index (χ1n) is 6.58. The summed E-state index contributed by atoms with van der Waals surface area (Å²) < 4.78 is 5.44. The van der Waals surface area contributed by atoms with Crippen molar-refractivity contribution in [3.63, 3.8) is 0 Å². The van der Waals surface area contributed by atoms with Crippen LogP contribution >= 0.6 is 0 Å². The quantitative estimate of drug-likeness (QED) is 0.884. The number of piperidine rings is 1. The van der Waals surface area contributed by atoms with Crippen molar-refractivity contribution < 1.29 is 4.74 Å². The highest BCUT2D eigenvalue weighted by Gasteiger charge is 2.19. The Morgan fingerprint density at radius 2 is 2.28 bits per heavy atom. The Balaban J connectivity index is 2.14. The van der Waals surface area contributed by atoms with E-state index < -0.39 is 0 Å². The van der Waals surface area contributed by atoms with Gasteiger partial charge in [-0.2, -0.15) is 0 Å². The molecule has 1 unspecified atom stereocenters. The number of rotatable bonds is 3. The van der Waals surface area contributed by atoms with E-state index in [1.165, 1.54) is 6.42 Å². The fraction of sp³-hybridized carbons (Fsp3) is 0.643. The van der Waals surface area contributed by atoms with Gasteiger partial charge in [-0.05, 0) is 33.2 Å². The molecule has 2 heterocycles. The molecule has 0 aliphatic carbocycles. The highest BCUT2D eigenvalue weighted by atomic mass is 16.5. The molecule has 0 radical (unpaired) electrons. The topological polar surface area (TPSA) is 51.4 Å². The van der Waals surface area contributed by atoms with Crippen LogP contribution in [0.25, 0.3) is 0 Å². The molecule has 1 saturated heterocycles. The van der Waals surface area contributed by atoms with Crippen LogP contribution < -0.4 is 10.5 Å². The normalized spacial score (nSPS) is 21.0. The van der Waals surface area contributed by atoms with Gasteiger partial charge in [0.05, 0.1) is 12.8 Å². The summed E-state index contributed by atoms with van der Waals surface area (Å²) in [6, 6.07) is 0.311. The van der Waals surface area contributed by atoms with E-state index in [9.17, 15) is 0 Å². The van der Waals surface area contributed by atoms with Gasteiger partial charge in [0.1, 0.15) is 5.75 Å². The van der Waals surface area contributed by atoms with Crippen molar-refractivity contribution in [2.45, 2.75) is 39.3 Å². The Kier molecular flexibility index (Phi) is 4.19. The lowest BCUT2D eigenvalue weighted by molar-refractivity contribution is 0.199. The molecule has 0 saturated carbocycles. The van der Waals surface area contributed by atoms with Gasteiger partial charge in [-0.1, -0.05) is 0 Å². The lowest BCUT2D eigenvalue weighted by atomic mass is 10.1. The van der Waals surface area contributed by atoms with Crippen molar-refractivity contribution in [3.8, 4) is 5.75 Å².